The average Bonchev–Trinajstić information content (AvgIpc) is 2.81. The van der Waals surface area contributed by atoms with Gasteiger partial charge in [-0.05, 0) is 45.6 Å². The van der Waals surface area contributed by atoms with Crippen LogP contribution in [0.2, 0.25) is 0 Å². The molecule has 2 heterocycles. The van der Waals surface area contributed by atoms with E-state index in [4.69, 9.17) is 5.73 Å². The summed E-state index contributed by atoms with van der Waals surface area (Å²) < 4.78 is 0. The molecular formula is C16H31N3O. The van der Waals surface area contributed by atoms with Crippen molar-refractivity contribution >= 4 is 5.91 Å². The molecule has 0 aromatic heterocycles. The Morgan fingerprint density at radius 2 is 2.05 bits per heavy atom. The Kier molecular flexibility index (Phi) is 5.85. The van der Waals surface area contributed by atoms with Crippen LogP contribution in [0, 0.1) is 5.92 Å². The van der Waals surface area contributed by atoms with Gasteiger partial charge in [0.15, 0.2) is 0 Å². The number of rotatable bonds is 6. The van der Waals surface area contributed by atoms with Gasteiger partial charge >= 0.3 is 0 Å². The van der Waals surface area contributed by atoms with Gasteiger partial charge in [0.05, 0.1) is 0 Å². The van der Waals surface area contributed by atoms with Gasteiger partial charge in [0.25, 0.3) is 0 Å². The lowest BCUT2D eigenvalue weighted by Gasteiger charge is -2.33. The largest absolute Gasteiger partial charge is 0.352 e. The van der Waals surface area contributed by atoms with Crippen molar-refractivity contribution in [3.63, 3.8) is 0 Å². The van der Waals surface area contributed by atoms with Crippen LogP contribution in [0.4, 0.5) is 0 Å². The van der Waals surface area contributed by atoms with E-state index in [1.807, 2.05) is 13.8 Å². The third kappa shape index (κ3) is 4.19. The molecule has 4 unspecified atom stereocenters. The summed E-state index contributed by atoms with van der Waals surface area (Å²) in [5, 5.41) is 3.30. The second-order valence-electron chi connectivity index (χ2n) is 6.81. The molecule has 1 amide bonds. The standard InChI is InChI=1S/C16H31N3O/c1-12(6-5-7-13(2)17)16(20)18-14-9-11-19-10-4-3-8-15(14)19/h12-15H,3-11,17H2,1-2H3,(H,18,20). The third-order valence-corrected chi connectivity index (χ3v) is 4.93. The molecule has 0 aromatic carbocycles. The molecule has 116 valence electrons. The first-order valence-electron chi connectivity index (χ1n) is 8.38. The van der Waals surface area contributed by atoms with Crippen LogP contribution in [0.5, 0.6) is 0 Å². The maximum Gasteiger partial charge on any atom is 0.223 e. The highest BCUT2D eigenvalue weighted by Gasteiger charge is 2.36. The van der Waals surface area contributed by atoms with E-state index in [0.29, 0.717) is 12.1 Å². The van der Waals surface area contributed by atoms with Crippen LogP contribution in [0.3, 0.4) is 0 Å². The minimum atomic E-state index is 0.117. The van der Waals surface area contributed by atoms with Crippen molar-refractivity contribution in [2.75, 3.05) is 13.1 Å². The lowest BCUT2D eigenvalue weighted by Crippen LogP contribution is -2.48. The molecule has 0 aromatic rings. The summed E-state index contributed by atoms with van der Waals surface area (Å²) in [7, 11) is 0. The molecule has 3 N–H and O–H groups in total. The summed E-state index contributed by atoms with van der Waals surface area (Å²) >= 11 is 0. The zero-order valence-electron chi connectivity index (χ0n) is 13.1. The van der Waals surface area contributed by atoms with E-state index in [0.717, 1.165) is 32.2 Å². The molecule has 4 nitrogen and oxygen atoms in total. The topological polar surface area (TPSA) is 58.4 Å². The number of piperidine rings is 1. The second kappa shape index (κ2) is 7.41. The zero-order valence-corrected chi connectivity index (χ0v) is 13.1. The van der Waals surface area contributed by atoms with Crippen molar-refractivity contribution in [2.45, 2.75) is 76.9 Å². The maximum absolute atomic E-state index is 12.3. The third-order valence-electron chi connectivity index (χ3n) is 4.93. The van der Waals surface area contributed by atoms with Gasteiger partial charge in [-0.15, -0.1) is 0 Å². The molecule has 0 saturated carbocycles. The SMILES string of the molecule is CC(N)CCCC(C)C(=O)NC1CCN2CCCCC12. The maximum atomic E-state index is 12.3. The van der Waals surface area contributed by atoms with Gasteiger partial charge in [-0.3, -0.25) is 9.69 Å². The molecule has 0 bridgehead atoms. The van der Waals surface area contributed by atoms with Crippen molar-refractivity contribution in [1.82, 2.24) is 10.2 Å². The fourth-order valence-corrected chi connectivity index (χ4v) is 3.62. The molecule has 4 heteroatoms. The van der Waals surface area contributed by atoms with Crippen LogP contribution >= 0.6 is 0 Å². The van der Waals surface area contributed by atoms with Gasteiger partial charge in [0.1, 0.15) is 0 Å². The summed E-state index contributed by atoms with van der Waals surface area (Å²) in [5.74, 6) is 0.360. The van der Waals surface area contributed by atoms with Crippen molar-refractivity contribution < 1.29 is 4.79 Å². The van der Waals surface area contributed by atoms with Crippen LogP contribution < -0.4 is 11.1 Å². The Labute approximate surface area is 123 Å². The molecule has 0 radical (unpaired) electrons. The van der Waals surface area contributed by atoms with Crippen molar-refractivity contribution in [1.29, 1.82) is 0 Å². The van der Waals surface area contributed by atoms with Crippen molar-refractivity contribution in [2.24, 2.45) is 11.7 Å². The number of nitrogens with one attached hydrogen (secondary N) is 1. The average molecular weight is 281 g/mol. The molecule has 0 aliphatic carbocycles. The Morgan fingerprint density at radius 1 is 1.25 bits per heavy atom. The lowest BCUT2D eigenvalue weighted by molar-refractivity contribution is -0.125. The van der Waals surface area contributed by atoms with Crippen molar-refractivity contribution in [3.8, 4) is 0 Å². The summed E-state index contributed by atoms with van der Waals surface area (Å²) in [6.45, 7) is 6.46. The van der Waals surface area contributed by atoms with E-state index in [1.54, 1.807) is 0 Å². The molecule has 20 heavy (non-hydrogen) atoms. The van der Waals surface area contributed by atoms with Gasteiger partial charge in [-0.25, -0.2) is 0 Å². The highest BCUT2D eigenvalue weighted by Crippen LogP contribution is 2.27. The highest BCUT2D eigenvalue weighted by molar-refractivity contribution is 5.78. The molecule has 0 spiro atoms. The summed E-state index contributed by atoms with van der Waals surface area (Å²) in [5.41, 5.74) is 5.75. The fraction of sp³-hybridized carbons (Fsp3) is 0.938. The van der Waals surface area contributed by atoms with Gasteiger partial charge in [-0.1, -0.05) is 19.8 Å². The van der Waals surface area contributed by atoms with Crippen LogP contribution in [-0.4, -0.2) is 42.0 Å². The molecule has 2 aliphatic heterocycles. The monoisotopic (exact) mass is 281 g/mol. The van der Waals surface area contributed by atoms with E-state index in [2.05, 4.69) is 10.2 Å². The lowest BCUT2D eigenvalue weighted by atomic mass is 9.97. The first kappa shape index (κ1) is 15.8. The summed E-state index contributed by atoms with van der Waals surface area (Å²) in [4.78, 5) is 14.9. The minimum absolute atomic E-state index is 0.117. The van der Waals surface area contributed by atoms with Crippen molar-refractivity contribution in [3.05, 3.63) is 0 Å². The number of carbonyl (C=O) groups is 1. The van der Waals surface area contributed by atoms with Gasteiger partial charge < -0.3 is 11.1 Å². The predicted molar refractivity (Wildman–Crippen MR) is 82.4 cm³/mol. The first-order chi connectivity index (χ1) is 9.58. The zero-order chi connectivity index (χ0) is 14.5. The number of nitrogens with zero attached hydrogens (tertiary/aromatic N) is 1. The van der Waals surface area contributed by atoms with Crippen LogP contribution in [0.25, 0.3) is 0 Å². The number of nitrogens with two attached hydrogens (primary N) is 1. The van der Waals surface area contributed by atoms with E-state index in [9.17, 15) is 4.79 Å². The predicted octanol–water partition coefficient (Wildman–Crippen LogP) is 1.88. The molecule has 2 rings (SSSR count). The van der Waals surface area contributed by atoms with Crippen LogP contribution in [-0.2, 0) is 4.79 Å². The molecule has 2 aliphatic rings. The number of hydrogen-bond acceptors (Lipinski definition) is 3. The molecule has 2 fully saturated rings. The Bertz CT molecular complexity index is 319. The van der Waals surface area contributed by atoms with E-state index >= 15 is 0 Å². The Balaban J connectivity index is 1.73. The number of fused-ring (bicyclic) bond motifs is 1. The van der Waals surface area contributed by atoms with Crippen LogP contribution in [0.15, 0.2) is 0 Å². The highest BCUT2D eigenvalue weighted by atomic mass is 16.1. The minimum Gasteiger partial charge on any atom is -0.352 e. The second-order valence-corrected chi connectivity index (χ2v) is 6.81. The smallest absolute Gasteiger partial charge is 0.223 e. The molecule has 4 atom stereocenters. The normalized spacial score (nSPS) is 29.8. The first-order valence-corrected chi connectivity index (χ1v) is 8.38. The number of carbonyl (C=O) groups excluding carboxylic acids is 1. The van der Waals surface area contributed by atoms with Gasteiger partial charge in [0, 0.05) is 30.6 Å². The number of hydrogen-bond donors (Lipinski definition) is 2. The van der Waals surface area contributed by atoms with E-state index < -0.39 is 0 Å². The molecular weight excluding hydrogens is 250 g/mol. The molecule has 2 saturated heterocycles. The quantitative estimate of drug-likeness (QED) is 0.781. The van der Waals surface area contributed by atoms with Gasteiger partial charge in [0.2, 0.25) is 5.91 Å². The Hall–Kier alpha value is -0.610. The van der Waals surface area contributed by atoms with E-state index in [1.165, 1.54) is 25.8 Å². The van der Waals surface area contributed by atoms with Crippen LogP contribution in [0.1, 0.15) is 58.8 Å². The fourth-order valence-electron chi connectivity index (χ4n) is 3.62. The van der Waals surface area contributed by atoms with E-state index in [-0.39, 0.29) is 17.9 Å². The summed E-state index contributed by atoms with van der Waals surface area (Å²) in [6, 6.07) is 1.23. The van der Waals surface area contributed by atoms with Gasteiger partial charge in [-0.2, -0.15) is 0 Å². The number of amides is 1. The summed E-state index contributed by atoms with van der Waals surface area (Å²) in [6.07, 6.45) is 8.04. The Morgan fingerprint density at radius 3 is 2.80 bits per heavy atom.